The second-order valence-corrected chi connectivity index (χ2v) is 5.45. The first-order chi connectivity index (χ1) is 10.5. The number of hydrogen-bond acceptors (Lipinski definition) is 3. The molecule has 3 amide bonds. The minimum Gasteiger partial charge on any atom is -0.369 e. The van der Waals surface area contributed by atoms with E-state index >= 15 is 0 Å². The van der Waals surface area contributed by atoms with Crippen molar-refractivity contribution in [2.45, 2.75) is 26.2 Å². The molecule has 0 spiro atoms. The fourth-order valence-electron chi connectivity index (χ4n) is 2.53. The zero-order chi connectivity index (χ0) is 16.1. The molecule has 0 radical (unpaired) electrons. The lowest BCUT2D eigenvalue weighted by Crippen LogP contribution is -2.41. The van der Waals surface area contributed by atoms with Crippen molar-refractivity contribution in [2.24, 2.45) is 11.7 Å². The Balaban J connectivity index is 2.02. The maximum atomic E-state index is 12.5. The van der Waals surface area contributed by atoms with Gasteiger partial charge in [0.25, 0.3) is 5.91 Å². The number of carbonyl (C=O) groups excluding carboxylic acids is 3. The van der Waals surface area contributed by atoms with Crippen molar-refractivity contribution in [1.82, 2.24) is 4.90 Å². The predicted molar refractivity (Wildman–Crippen MR) is 83.2 cm³/mol. The minimum absolute atomic E-state index is 0.0875. The average Bonchev–Trinajstić information content (AvgIpc) is 2.54. The number of hydrogen-bond donors (Lipinski definition) is 2. The van der Waals surface area contributed by atoms with Gasteiger partial charge in [-0.3, -0.25) is 14.4 Å². The van der Waals surface area contributed by atoms with Crippen LogP contribution in [-0.4, -0.2) is 35.7 Å². The number of primary amides is 1. The normalized spacial score (nSPS) is 15.4. The van der Waals surface area contributed by atoms with Gasteiger partial charge >= 0.3 is 0 Å². The van der Waals surface area contributed by atoms with Crippen LogP contribution in [0.2, 0.25) is 0 Å². The first kappa shape index (κ1) is 16.0. The highest BCUT2D eigenvalue weighted by molar-refractivity contribution is 5.97. The fraction of sp³-hybridized carbons (Fsp3) is 0.438. The quantitative estimate of drug-likeness (QED) is 0.880. The number of rotatable bonds is 4. The largest absolute Gasteiger partial charge is 0.369 e. The molecule has 3 N–H and O–H groups in total. The van der Waals surface area contributed by atoms with Crippen LogP contribution in [0, 0.1) is 5.92 Å². The Morgan fingerprint density at radius 3 is 2.55 bits per heavy atom. The van der Waals surface area contributed by atoms with E-state index in [1.165, 1.54) is 0 Å². The van der Waals surface area contributed by atoms with Crippen molar-refractivity contribution < 1.29 is 14.4 Å². The van der Waals surface area contributed by atoms with Crippen LogP contribution >= 0.6 is 0 Å². The second kappa shape index (κ2) is 7.06. The molecule has 0 aromatic heterocycles. The summed E-state index contributed by atoms with van der Waals surface area (Å²) < 4.78 is 0. The van der Waals surface area contributed by atoms with E-state index in [1.54, 1.807) is 36.1 Å². The lowest BCUT2D eigenvalue weighted by atomic mass is 9.96. The maximum absolute atomic E-state index is 12.5. The second-order valence-electron chi connectivity index (χ2n) is 5.45. The third-order valence-corrected chi connectivity index (χ3v) is 3.90. The molecule has 6 nitrogen and oxygen atoms in total. The standard InChI is InChI=1S/C16H21N3O3/c1-2-14(20)18-13-5-3-4-12(10-13)16(22)19-8-6-11(7-9-19)15(17)21/h3-5,10-11H,2,6-9H2,1H3,(H2,17,21)(H,18,20). The average molecular weight is 303 g/mol. The maximum Gasteiger partial charge on any atom is 0.253 e. The molecule has 6 heteroatoms. The fourth-order valence-corrected chi connectivity index (χ4v) is 2.53. The lowest BCUT2D eigenvalue weighted by molar-refractivity contribution is -0.123. The van der Waals surface area contributed by atoms with Crippen LogP contribution in [0.4, 0.5) is 5.69 Å². The van der Waals surface area contributed by atoms with E-state index in [2.05, 4.69) is 5.32 Å². The number of amides is 3. The highest BCUT2D eigenvalue weighted by atomic mass is 16.2. The summed E-state index contributed by atoms with van der Waals surface area (Å²) in [5.41, 5.74) is 6.45. The molecule has 2 rings (SSSR count). The lowest BCUT2D eigenvalue weighted by Gasteiger charge is -2.30. The van der Waals surface area contributed by atoms with Crippen molar-refractivity contribution in [3.63, 3.8) is 0 Å². The number of benzene rings is 1. The third-order valence-electron chi connectivity index (χ3n) is 3.90. The zero-order valence-electron chi connectivity index (χ0n) is 12.7. The summed E-state index contributed by atoms with van der Waals surface area (Å²) in [6.07, 6.45) is 1.60. The number of anilines is 1. The Hall–Kier alpha value is -2.37. The minimum atomic E-state index is -0.295. The zero-order valence-corrected chi connectivity index (χ0v) is 12.7. The molecule has 22 heavy (non-hydrogen) atoms. The van der Waals surface area contributed by atoms with E-state index in [-0.39, 0.29) is 23.6 Å². The Morgan fingerprint density at radius 1 is 1.27 bits per heavy atom. The van der Waals surface area contributed by atoms with Gasteiger partial charge in [0, 0.05) is 36.7 Å². The molecule has 0 aliphatic carbocycles. The molecule has 118 valence electrons. The number of nitrogens with zero attached hydrogens (tertiary/aromatic N) is 1. The molecular weight excluding hydrogens is 282 g/mol. The molecule has 1 heterocycles. The number of nitrogens with one attached hydrogen (secondary N) is 1. The van der Waals surface area contributed by atoms with Gasteiger partial charge in [-0.1, -0.05) is 13.0 Å². The van der Waals surface area contributed by atoms with Crippen molar-refractivity contribution >= 4 is 23.4 Å². The van der Waals surface area contributed by atoms with Gasteiger partial charge in [0.15, 0.2) is 0 Å². The first-order valence-electron chi connectivity index (χ1n) is 7.49. The number of nitrogens with two attached hydrogens (primary N) is 1. The molecule has 1 aliphatic heterocycles. The topological polar surface area (TPSA) is 92.5 Å². The third kappa shape index (κ3) is 3.84. The molecule has 0 unspecified atom stereocenters. The van der Waals surface area contributed by atoms with Gasteiger partial charge in [0.2, 0.25) is 11.8 Å². The molecular formula is C16H21N3O3. The Morgan fingerprint density at radius 2 is 1.95 bits per heavy atom. The van der Waals surface area contributed by atoms with E-state index in [0.29, 0.717) is 43.6 Å². The summed E-state index contributed by atoms with van der Waals surface area (Å²) >= 11 is 0. The van der Waals surface area contributed by atoms with Gasteiger partial charge in [0.1, 0.15) is 0 Å². The first-order valence-corrected chi connectivity index (χ1v) is 7.49. The van der Waals surface area contributed by atoms with Crippen LogP contribution in [0.3, 0.4) is 0 Å². The van der Waals surface area contributed by atoms with Crippen molar-refractivity contribution in [2.75, 3.05) is 18.4 Å². The molecule has 1 aromatic carbocycles. The highest BCUT2D eigenvalue weighted by Crippen LogP contribution is 2.20. The summed E-state index contributed by atoms with van der Waals surface area (Å²) in [5.74, 6) is -0.613. The molecule has 0 atom stereocenters. The number of carbonyl (C=O) groups is 3. The van der Waals surface area contributed by atoms with Gasteiger partial charge in [0.05, 0.1) is 0 Å². The van der Waals surface area contributed by atoms with Crippen molar-refractivity contribution in [3.05, 3.63) is 29.8 Å². The van der Waals surface area contributed by atoms with Gasteiger partial charge in [-0.2, -0.15) is 0 Å². The number of likely N-dealkylation sites (tertiary alicyclic amines) is 1. The Bertz CT molecular complexity index is 578. The van der Waals surface area contributed by atoms with Gasteiger partial charge < -0.3 is 16.0 Å². The van der Waals surface area contributed by atoms with Crippen LogP contribution in [0.5, 0.6) is 0 Å². The van der Waals surface area contributed by atoms with Crippen molar-refractivity contribution in [3.8, 4) is 0 Å². The van der Waals surface area contributed by atoms with Crippen LogP contribution in [0.15, 0.2) is 24.3 Å². The monoisotopic (exact) mass is 303 g/mol. The molecule has 1 aliphatic rings. The smallest absolute Gasteiger partial charge is 0.253 e. The summed E-state index contributed by atoms with van der Waals surface area (Å²) in [6.45, 7) is 2.82. The summed E-state index contributed by atoms with van der Waals surface area (Å²) in [4.78, 5) is 36.8. The van der Waals surface area contributed by atoms with Crippen LogP contribution in [-0.2, 0) is 9.59 Å². The molecule has 0 saturated carbocycles. The van der Waals surface area contributed by atoms with Crippen molar-refractivity contribution in [1.29, 1.82) is 0 Å². The summed E-state index contributed by atoms with van der Waals surface area (Å²) in [7, 11) is 0. The highest BCUT2D eigenvalue weighted by Gasteiger charge is 2.26. The SMILES string of the molecule is CCC(=O)Nc1cccc(C(=O)N2CCC(C(N)=O)CC2)c1. The molecule has 0 bridgehead atoms. The molecule has 1 fully saturated rings. The van der Waals surface area contributed by atoms with E-state index < -0.39 is 0 Å². The van der Waals surface area contributed by atoms with Crippen LogP contribution < -0.4 is 11.1 Å². The summed E-state index contributed by atoms with van der Waals surface area (Å²) in [5, 5.41) is 2.74. The van der Waals surface area contributed by atoms with E-state index in [0.717, 1.165) is 0 Å². The van der Waals surface area contributed by atoms with Gasteiger partial charge in [-0.05, 0) is 31.0 Å². The van der Waals surface area contributed by atoms with Crippen LogP contribution in [0.1, 0.15) is 36.5 Å². The van der Waals surface area contributed by atoms with Gasteiger partial charge in [-0.15, -0.1) is 0 Å². The Kier molecular flexibility index (Phi) is 5.14. The van der Waals surface area contributed by atoms with E-state index in [9.17, 15) is 14.4 Å². The van der Waals surface area contributed by atoms with Crippen LogP contribution in [0.25, 0.3) is 0 Å². The summed E-state index contributed by atoms with van der Waals surface area (Å²) in [6, 6.07) is 6.90. The van der Waals surface area contributed by atoms with E-state index in [4.69, 9.17) is 5.73 Å². The van der Waals surface area contributed by atoms with Gasteiger partial charge in [-0.25, -0.2) is 0 Å². The molecule has 1 aromatic rings. The Labute approximate surface area is 129 Å². The number of piperidine rings is 1. The molecule has 1 saturated heterocycles. The van der Waals surface area contributed by atoms with E-state index in [1.807, 2.05) is 0 Å². The predicted octanol–water partition coefficient (Wildman–Crippen LogP) is 1.37.